The van der Waals surface area contributed by atoms with Gasteiger partial charge in [-0.15, -0.1) is 11.3 Å². The summed E-state index contributed by atoms with van der Waals surface area (Å²) in [4.78, 5) is 38.3. The molecule has 0 aliphatic heterocycles. The van der Waals surface area contributed by atoms with Crippen LogP contribution in [0.1, 0.15) is 10.5 Å². The van der Waals surface area contributed by atoms with Crippen molar-refractivity contribution in [3.8, 4) is 10.7 Å². The van der Waals surface area contributed by atoms with Crippen LogP contribution in [0.4, 0.5) is 0 Å². The van der Waals surface area contributed by atoms with E-state index >= 15 is 0 Å². The lowest BCUT2D eigenvalue weighted by Crippen LogP contribution is -2.36. The van der Waals surface area contributed by atoms with E-state index in [1.54, 1.807) is 14.1 Å². The number of benzene rings is 1. The van der Waals surface area contributed by atoms with E-state index in [9.17, 15) is 9.59 Å². The number of carbonyl (C=O) groups is 2. The number of likely N-dealkylation sites (N-methyl/N-ethyl adjacent to an activating group) is 1. The van der Waals surface area contributed by atoms with Gasteiger partial charge in [-0.1, -0.05) is 12.1 Å². The molecule has 2 heterocycles. The van der Waals surface area contributed by atoms with Crippen molar-refractivity contribution >= 4 is 33.4 Å². The normalized spacial score (nSPS) is 10.6. The number of para-hydroxylation sites is 1. The summed E-state index contributed by atoms with van der Waals surface area (Å²) in [7, 11) is 3.26. The first-order valence-electron chi connectivity index (χ1n) is 7.21. The van der Waals surface area contributed by atoms with Gasteiger partial charge in [-0.05, 0) is 12.1 Å². The van der Waals surface area contributed by atoms with Gasteiger partial charge < -0.3 is 10.2 Å². The highest BCUT2D eigenvalue weighted by atomic mass is 32.1. The number of rotatable bonds is 4. The SMILES string of the molecule is CN(C)C(=O)CNC(=O)c1nccnc1-c1nc2ccccc2s1. The van der Waals surface area contributed by atoms with Gasteiger partial charge in [-0.25, -0.2) is 15.0 Å². The Morgan fingerprint density at radius 1 is 1.17 bits per heavy atom. The Hall–Kier alpha value is -2.87. The number of aromatic nitrogens is 3. The monoisotopic (exact) mass is 341 g/mol. The van der Waals surface area contributed by atoms with E-state index < -0.39 is 5.91 Å². The standard InChI is InChI=1S/C16H15N5O2S/c1-21(2)12(22)9-19-15(23)13-14(18-8-7-17-13)16-20-10-5-3-4-6-11(10)24-16/h3-8H,9H2,1-2H3,(H,19,23). The Morgan fingerprint density at radius 3 is 2.67 bits per heavy atom. The Balaban J connectivity index is 1.90. The van der Waals surface area contributed by atoms with Crippen molar-refractivity contribution in [2.24, 2.45) is 0 Å². The summed E-state index contributed by atoms with van der Waals surface area (Å²) in [5, 5.41) is 3.19. The fraction of sp³-hybridized carbons (Fsp3) is 0.188. The molecule has 1 N–H and O–H groups in total. The number of nitrogens with one attached hydrogen (secondary N) is 1. The highest BCUT2D eigenvalue weighted by Gasteiger charge is 2.19. The van der Waals surface area contributed by atoms with Gasteiger partial charge in [-0.2, -0.15) is 0 Å². The number of fused-ring (bicyclic) bond motifs is 1. The molecule has 0 spiro atoms. The maximum atomic E-state index is 12.4. The summed E-state index contributed by atoms with van der Waals surface area (Å²) in [6.07, 6.45) is 2.96. The van der Waals surface area contributed by atoms with Crippen LogP contribution in [0, 0.1) is 0 Å². The van der Waals surface area contributed by atoms with E-state index in [2.05, 4.69) is 20.3 Å². The van der Waals surface area contributed by atoms with Gasteiger partial charge in [0.2, 0.25) is 5.91 Å². The molecule has 2 amide bonds. The van der Waals surface area contributed by atoms with Gasteiger partial charge in [0.05, 0.1) is 16.8 Å². The average Bonchev–Trinajstić information content (AvgIpc) is 3.03. The lowest BCUT2D eigenvalue weighted by Gasteiger charge is -2.11. The Bertz CT molecular complexity index is 873. The number of hydrogen-bond acceptors (Lipinski definition) is 6. The fourth-order valence-electron chi connectivity index (χ4n) is 2.03. The van der Waals surface area contributed by atoms with E-state index in [1.165, 1.54) is 28.6 Å². The van der Waals surface area contributed by atoms with Crippen molar-refractivity contribution in [3.63, 3.8) is 0 Å². The van der Waals surface area contributed by atoms with Crippen LogP contribution in [0.2, 0.25) is 0 Å². The molecule has 0 radical (unpaired) electrons. The summed E-state index contributed by atoms with van der Waals surface area (Å²) in [6, 6.07) is 7.70. The third-order valence-electron chi connectivity index (χ3n) is 3.31. The van der Waals surface area contributed by atoms with Crippen molar-refractivity contribution in [2.75, 3.05) is 20.6 Å². The molecule has 0 saturated carbocycles. The molecule has 0 bridgehead atoms. The summed E-state index contributed by atoms with van der Waals surface area (Å²) >= 11 is 1.44. The molecule has 24 heavy (non-hydrogen) atoms. The summed E-state index contributed by atoms with van der Waals surface area (Å²) < 4.78 is 1.01. The van der Waals surface area contributed by atoms with Gasteiger partial charge in [0.1, 0.15) is 10.7 Å². The molecule has 1 aromatic carbocycles. The zero-order chi connectivity index (χ0) is 17.1. The molecule has 3 rings (SSSR count). The number of carbonyl (C=O) groups excluding carboxylic acids is 2. The first-order chi connectivity index (χ1) is 11.6. The lowest BCUT2D eigenvalue weighted by molar-refractivity contribution is -0.127. The van der Waals surface area contributed by atoms with Crippen molar-refractivity contribution in [1.29, 1.82) is 0 Å². The molecule has 8 heteroatoms. The molecule has 3 aromatic rings. The topological polar surface area (TPSA) is 88.1 Å². The maximum Gasteiger partial charge on any atom is 0.272 e. The van der Waals surface area contributed by atoms with Crippen LogP contribution in [0.3, 0.4) is 0 Å². The summed E-state index contributed by atoms with van der Waals surface area (Å²) in [6.45, 7) is -0.0955. The molecular weight excluding hydrogens is 326 g/mol. The van der Waals surface area contributed by atoms with Gasteiger partial charge in [0.25, 0.3) is 5.91 Å². The molecule has 2 aromatic heterocycles. The summed E-state index contributed by atoms with van der Waals surface area (Å²) in [5.41, 5.74) is 1.41. The Morgan fingerprint density at radius 2 is 1.92 bits per heavy atom. The van der Waals surface area contributed by atoms with Crippen LogP contribution in [0.5, 0.6) is 0 Å². The van der Waals surface area contributed by atoms with Gasteiger partial charge in [-0.3, -0.25) is 9.59 Å². The van der Waals surface area contributed by atoms with Gasteiger partial charge in [0, 0.05) is 26.5 Å². The van der Waals surface area contributed by atoms with Crippen LogP contribution >= 0.6 is 11.3 Å². The largest absolute Gasteiger partial charge is 0.347 e. The molecule has 0 fully saturated rings. The second-order valence-corrected chi connectivity index (χ2v) is 6.24. The quantitative estimate of drug-likeness (QED) is 0.778. The second-order valence-electron chi connectivity index (χ2n) is 5.21. The first kappa shape index (κ1) is 16.0. The highest BCUT2D eigenvalue weighted by molar-refractivity contribution is 7.21. The van der Waals surface area contributed by atoms with E-state index in [0.717, 1.165) is 10.2 Å². The fourth-order valence-corrected chi connectivity index (χ4v) is 3.00. The predicted molar refractivity (Wildman–Crippen MR) is 91.7 cm³/mol. The van der Waals surface area contributed by atoms with E-state index in [-0.39, 0.29) is 18.1 Å². The van der Waals surface area contributed by atoms with Crippen LogP contribution in [0.25, 0.3) is 20.9 Å². The zero-order valence-corrected chi connectivity index (χ0v) is 14.0. The zero-order valence-electron chi connectivity index (χ0n) is 13.2. The minimum atomic E-state index is -0.451. The Kier molecular flexibility index (Phi) is 4.48. The van der Waals surface area contributed by atoms with Crippen LogP contribution in [-0.4, -0.2) is 52.3 Å². The smallest absolute Gasteiger partial charge is 0.272 e. The van der Waals surface area contributed by atoms with Crippen molar-refractivity contribution in [3.05, 3.63) is 42.4 Å². The molecule has 0 atom stereocenters. The predicted octanol–water partition coefficient (Wildman–Crippen LogP) is 1.57. The molecular formula is C16H15N5O2S. The van der Waals surface area contributed by atoms with E-state index in [1.807, 2.05) is 24.3 Å². The third kappa shape index (κ3) is 3.23. The van der Waals surface area contributed by atoms with E-state index in [0.29, 0.717) is 10.7 Å². The van der Waals surface area contributed by atoms with Crippen molar-refractivity contribution < 1.29 is 9.59 Å². The summed E-state index contributed by atoms with van der Waals surface area (Å²) in [5.74, 6) is -0.652. The van der Waals surface area contributed by atoms with Crippen LogP contribution < -0.4 is 5.32 Å². The third-order valence-corrected chi connectivity index (χ3v) is 4.35. The maximum absolute atomic E-state index is 12.4. The molecule has 0 aliphatic carbocycles. The molecule has 122 valence electrons. The number of thiazole rings is 1. The van der Waals surface area contributed by atoms with Crippen molar-refractivity contribution in [1.82, 2.24) is 25.2 Å². The second kappa shape index (κ2) is 6.71. The number of amides is 2. The molecule has 0 unspecified atom stereocenters. The first-order valence-corrected chi connectivity index (χ1v) is 8.03. The average molecular weight is 341 g/mol. The van der Waals surface area contributed by atoms with Crippen LogP contribution in [-0.2, 0) is 4.79 Å². The van der Waals surface area contributed by atoms with Crippen LogP contribution in [0.15, 0.2) is 36.7 Å². The minimum Gasteiger partial charge on any atom is -0.347 e. The number of nitrogens with zero attached hydrogens (tertiary/aromatic N) is 4. The number of hydrogen-bond donors (Lipinski definition) is 1. The molecule has 0 aliphatic rings. The van der Waals surface area contributed by atoms with Gasteiger partial charge in [0.15, 0.2) is 5.69 Å². The Labute approximate surface area is 142 Å². The molecule has 0 saturated heterocycles. The minimum absolute atomic E-state index is 0.0955. The highest BCUT2D eigenvalue weighted by Crippen LogP contribution is 2.29. The molecule has 7 nitrogen and oxygen atoms in total. The lowest BCUT2D eigenvalue weighted by atomic mass is 10.3. The van der Waals surface area contributed by atoms with Gasteiger partial charge >= 0.3 is 0 Å². The van der Waals surface area contributed by atoms with E-state index in [4.69, 9.17) is 0 Å². The van der Waals surface area contributed by atoms with Crippen molar-refractivity contribution in [2.45, 2.75) is 0 Å².